The van der Waals surface area contributed by atoms with E-state index in [1.165, 1.54) is 0 Å². The van der Waals surface area contributed by atoms with E-state index in [1.807, 2.05) is 60.7 Å². The molecule has 0 amide bonds. The Labute approximate surface area is 241 Å². The molecule has 0 aliphatic heterocycles. The van der Waals surface area contributed by atoms with Crippen LogP contribution in [-0.4, -0.2) is 67.8 Å². The lowest BCUT2D eigenvalue weighted by Crippen LogP contribution is -2.35. The van der Waals surface area contributed by atoms with Crippen molar-refractivity contribution in [2.45, 2.75) is 30.8 Å². The van der Waals surface area contributed by atoms with Crippen molar-refractivity contribution in [3.05, 3.63) is 106 Å². The maximum absolute atomic E-state index is 12.8. The number of hydrogen-bond donors (Lipinski definition) is 1. The van der Waals surface area contributed by atoms with Gasteiger partial charge in [0.25, 0.3) is 0 Å². The van der Waals surface area contributed by atoms with Gasteiger partial charge in [-0.1, -0.05) is 76.6 Å². The SMILES string of the molecule is COc1nc2ccc(Br)cc2cc1C(c1ccccc1)C(O)(CCCCN(C)CCN(C)C)c1ccccc1. The van der Waals surface area contributed by atoms with Gasteiger partial charge in [0.05, 0.1) is 12.6 Å². The van der Waals surface area contributed by atoms with Crippen LogP contribution in [0.25, 0.3) is 10.9 Å². The lowest BCUT2D eigenvalue weighted by Gasteiger charge is -2.38. The van der Waals surface area contributed by atoms with Crippen LogP contribution in [0.4, 0.5) is 0 Å². The van der Waals surface area contributed by atoms with Crippen LogP contribution in [0.1, 0.15) is 41.9 Å². The number of likely N-dealkylation sites (N-methyl/N-ethyl adjacent to an activating group) is 2. The summed E-state index contributed by atoms with van der Waals surface area (Å²) in [5.41, 5.74) is 2.50. The van der Waals surface area contributed by atoms with Crippen molar-refractivity contribution in [2.24, 2.45) is 0 Å². The summed E-state index contributed by atoms with van der Waals surface area (Å²) in [5.74, 6) is 0.162. The molecule has 0 bridgehead atoms. The Balaban J connectivity index is 1.76. The molecule has 6 heteroatoms. The molecule has 0 radical (unpaired) electrons. The largest absolute Gasteiger partial charge is 0.481 e. The molecule has 3 aromatic carbocycles. The number of ether oxygens (including phenoxy) is 1. The van der Waals surface area contributed by atoms with E-state index in [2.05, 4.69) is 71.1 Å². The van der Waals surface area contributed by atoms with Gasteiger partial charge in [-0.15, -0.1) is 0 Å². The van der Waals surface area contributed by atoms with Gasteiger partial charge in [-0.05, 0) is 82.3 Å². The average molecular weight is 591 g/mol. The minimum atomic E-state index is -1.17. The van der Waals surface area contributed by atoms with Gasteiger partial charge in [-0.25, -0.2) is 4.98 Å². The molecule has 0 aliphatic carbocycles. The van der Waals surface area contributed by atoms with Crippen LogP contribution in [-0.2, 0) is 5.60 Å². The van der Waals surface area contributed by atoms with Gasteiger partial charge in [0.15, 0.2) is 0 Å². The first-order valence-electron chi connectivity index (χ1n) is 13.6. The Hall–Kier alpha value is -2.77. The number of benzene rings is 3. The van der Waals surface area contributed by atoms with Gasteiger partial charge in [0.2, 0.25) is 5.88 Å². The van der Waals surface area contributed by atoms with Crippen LogP contribution >= 0.6 is 15.9 Å². The normalized spacial score (nSPS) is 14.1. The highest BCUT2D eigenvalue weighted by Crippen LogP contribution is 2.48. The predicted molar refractivity (Wildman–Crippen MR) is 165 cm³/mol. The smallest absolute Gasteiger partial charge is 0.217 e. The molecule has 2 unspecified atom stereocenters. The zero-order chi connectivity index (χ0) is 27.8. The van der Waals surface area contributed by atoms with Crippen molar-refractivity contribution in [3.8, 4) is 5.88 Å². The molecule has 0 saturated heterocycles. The average Bonchev–Trinajstić information content (AvgIpc) is 2.95. The fraction of sp³-hybridized carbons (Fsp3) is 0.364. The van der Waals surface area contributed by atoms with Crippen LogP contribution in [0.3, 0.4) is 0 Å². The molecule has 0 spiro atoms. The molecule has 2 atom stereocenters. The molecule has 4 rings (SSSR count). The lowest BCUT2D eigenvalue weighted by atomic mass is 9.71. The number of unbranched alkanes of at least 4 members (excludes halogenated alkanes) is 1. The third-order valence-electron chi connectivity index (χ3n) is 7.43. The molecule has 0 saturated carbocycles. The number of nitrogens with zero attached hydrogens (tertiary/aromatic N) is 3. The monoisotopic (exact) mass is 589 g/mol. The molecule has 5 nitrogen and oxygen atoms in total. The number of pyridine rings is 1. The number of aliphatic hydroxyl groups is 1. The summed E-state index contributed by atoms with van der Waals surface area (Å²) in [6.07, 6.45) is 2.49. The number of hydrogen-bond acceptors (Lipinski definition) is 5. The number of aromatic nitrogens is 1. The molecule has 39 heavy (non-hydrogen) atoms. The van der Waals surface area contributed by atoms with Crippen molar-refractivity contribution < 1.29 is 9.84 Å². The van der Waals surface area contributed by atoms with E-state index >= 15 is 0 Å². The summed E-state index contributed by atoms with van der Waals surface area (Å²) < 4.78 is 6.86. The Bertz CT molecular complexity index is 1330. The molecule has 0 aliphatic rings. The Morgan fingerprint density at radius 1 is 0.872 bits per heavy atom. The summed E-state index contributed by atoms with van der Waals surface area (Å²) in [7, 11) is 8.03. The summed E-state index contributed by atoms with van der Waals surface area (Å²) >= 11 is 3.61. The van der Waals surface area contributed by atoms with E-state index in [1.54, 1.807) is 7.11 Å². The minimum Gasteiger partial charge on any atom is -0.481 e. The molecular weight excluding hydrogens is 550 g/mol. The number of methoxy groups -OCH3 is 1. The second kappa shape index (κ2) is 13.5. The number of halogens is 1. The van der Waals surface area contributed by atoms with E-state index < -0.39 is 5.60 Å². The summed E-state index contributed by atoms with van der Waals surface area (Å²) in [5, 5.41) is 13.8. The zero-order valence-corrected chi connectivity index (χ0v) is 25.1. The maximum Gasteiger partial charge on any atom is 0.217 e. The third kappa shape index (κ3) is 7.25. The van der Waals surface area contributed by atoms with E-state index in [4.69, 9.17) is 9.72 Å². The predicted octanol–water partition coefficient (Wildman–Crippen LogP) is 6.69. The lowest BCUT2D eigenvalue weighted by molar-refractivity contribution is 0.00666. The topological polar surface area (TPSA) is 48.8 Å². The first-order chi connectivity index (χ1) is 18.8. The third-order valence-corrected chi connectivity index (χ3v) is 7.93. The van der Waals surface area contributed by atoms with Crippen LogP contribution in [0.2, 0.25) is 0 Å². The van der Waals surface area contributed by atoms with Gasteiger partial charge >= 0.3 is 0 Å². The highest BCUT2D eigenvalue weighted by Gasteiger charge is 2.42. The molecule has 1 aromatic heterocycles. The highest BCUT2D eigenvalue weighted by atomic mass is 79.9. The molecule has 206 valence electrons. The second-order valence-electron chi connectivity index (χ2n) is 10.6. The molecular formula is C33H40BrN3O2. The van der Waals surface area contributed by atoms with E-state index in [9.17, 15) is 5.11 Å². The van der Waals surface area contributed by atoms with Crippen LogP contribution in [0, 0.1) is 0 Å². The van der Waals surface area contributed by atoms with E-state index in [0.717, 1.165) is 64.5 Å². The molecule has 1 N–H and O–H groups in total. The Kier molecular flexibility index (Phi) is 10.1. The van der Waals surface area contributed by atoms with Crippen molar-refractivity contribution in [2.75, 3.05) is 47.9 Å². The van der Waals surface area contributed by atoms with E-state index in [-0.39, 0.29) is 5.92 Å². The number of rotatable bonds is 13. The van der Waals surface area contributed by atoms with Crippen LogP contribution in [0.5, 0.6) is 5.88 Å². The Morgan fingerprint density at radius 2 is 1.56 bits per heavy atom. The fourth-order valence-corrected chi connectivity index (χ4v) is 5.69. The zero-order valence-electron chi connectivity index (χ0n) is 23.5. The molecule has 1 heterocycles. The fourth-order valence-electron chi connectivity index (χ4n) is 5.32. The van der Waals surface area contributed by atoms with Gasteiger partial charge in [-0.2, -0.15) is 0 Å². The highest BCUT2D eigenvalue weighted by molar-refractivity contribution is 9.10. The van der Waals surface area contributed by atoms with Crippen molar-refractivity contribution in [3.63, 3.8) is 0 Å². The van der Waals surface area contributed by atoms with Crippen LogP contribution < -0.4 is 4.74 Å². The van der Waals surface area contributed by atoms with Gasteiger partial charge in [-0.3, -0.25) is 0 Å². The van der Waals surface area contributed by atoms with Crippen molar-refractivity contribution >= 4 is 26.8 Å². The Morgan fingerprint density at radius 3 is 2.23 bits per heavy atom. The maximum atomic E-state index is 12.8. The molecule has 0 fully saturated rings. The summed E-state index contributed by atoms with van der Waals surface area (Å²) in [6, 6.07) is 28.5. The summed E-state index contributed by atoms with van der Waals surface area (Å²) in [4.78, 5) is 9.45. The van der Waals surface area contributed by atoms with Crippen molar-refractivity contribution in [1.82, 2.24) is 14.8 Å². The first-order valence-corrected chi connectivity index (χ1v) is 14.4. The first kappa shape index (κ1) is 29.2. The standard InChI is InChI=1S/C33H40BrN3O2/c1-36(2)21-22-37(3)20-12-11-19-33(38,27-15-9-6-10-16-27)31(25-13-7-5-8-14-25)29-24-26-23-28(34)17-18-30(26)35-32(29)39-4/h5-10,13-18,23-24,31,38H,11-12,19-22H2,1-4H3. The van der Waals surface area contributed by atoms with Crippen molar-refractivity contribution in [1.29, 1.82) is 0 Å². The minimum absolute atomic E-state index is 0.376. The molecule has 4 aromatic rings. The quantitative estimate of drug-likeness (QED) is 0.176. The van der Waals surface area contributed by atoms with Gasteiger partial charge in [0, 0.05) is 34.4 Å². The van der Waals surface area contributed by atoms with Crippen LogP contribution in [0.15, 0.2) is 89.4 Å². The van der Waals surface area contributed by atoms with Gasteiger partial charge in [0.1, 0.15) is 5.60 Å². The number of fused-ring (bicyclic) bond motifs is 1. The van der Waals surface area contributed by atoms with Gasteiger partial charge < -0.3 is 19.6 Å². The summed E-state index contributed by atoms with van der Waals surface area (Å²) in [6.45, 7) is 3.05. The second-order valence-corrected chi connectivity index (χ2v) is 11.5. The van der Waals surface area contributed by atoms with E-state index in [0.29, 0.717) is 12.3 Å².